The normalized spacial score (nSPS) is 17.7. The topological polar surface area (TPSA) is 33.1 Å². The lowest BCUT2D eigenvalue weighted by molar-refractivity contribution is 0.549. The maximum atomic E-state index is 14.1. The number of aromatic nitrogens is 2. The van der Waals surface area contributed by atoms with Gasteiger partial charge in [0, 0.05) is 29.5 Å². The predicted molar refractivity (Wildman–Crippen MR) is 142 cm³/mol. The van der Waals surface area contributed by atoms with E-state index in [2.05, 4.69) is 74.5 Å². The third-order valence-electron chi connectivity index (χ3n) is 6.61. The van der Waals surface area contributed by atoms with Gasteiger partial charge in [-0.3, -0.25) is 4.98 Å². The molecule has 4 nitrogen and oxygen atoms in total. The van der Waals surface area contributed by atoms with E-state index < -0.39 is 0 Å². The van der Waals surface area contributed by atoms with Gasteiger partial charge < -0.3 is 14.8 Å². The summed E-state index contributed by atoms with van der Waals surface area (Å²) in [5.74, 6) is -0.232. The van der Waals surface area contributed by atoms with Crippen LogP contribution in [0.25, 0.3) is 16.5 Å². The number of nitrogens with one attached hydrogen (secondary N) is 1. The van der Waals surface area contributed by atoms with Gasteiger partial charge in [-0.25, -0.2) is 4.39 Å². The van der Waals surface area contributed by atoms with Crippen molar-refractivity contribution in [2.45, 2.75) is 19.0 Å². The lowest BCUT2D eigenvalue weighted by Crippen LogP contribution is -2.30. The minimum absolute atomic E-state index is 0.178. The van der Waals surface area contributed by atoms with Crippen molar-refractivity contribution in [3.05, 3.63) is 126 Å². The lowest BCUT2D eigenvalue weighted by Gasteiger charge is -2.29. The zero-order chi connectivity index (χ0) is 23.9. The number of pyridine rings is 1. The Hall–Kier alpha value is -4.03. The largest absolute Gasteiger partial charge is 0.351 e. The smallest absolute Gasteiger partial charge is 0.174 e. The first-order chi connectivity index (χ1) is 17.1. The molecule has 0 unspecified atom stereocenters. The molecule has 3 aromatic carbocycles. The Morgan fingerprint density at radius 1 is 0.857 bits per heavy atom. The first-order valence-corrected chi connectivity index (χ1v) is 11.9. The van der Waals surface area contributed by atoms with Crippen LogP contribution in [0.3, 0.4) is 0 Å². The molecule has 0 radical (unpaired) electrons. The molecule has 1 N–H and O–H groups in total. The van der Waals surface area contributed by atoms with Crippen molar-refractivity contribution >= 4 is 33.8 Å². The quantitative estimate of drug-likeness (QED) is 0.293. The van der Waals surface area contributed by atoms with E-state index >= 15 is 0 Å². The Balaban J connectivity index is 1.52. The summed E-state index contributed by atoms with van der Waals surface area (Å²) in [6.45, 7) is 1.77. The van der Waals surface area contributed by atoms with E-state index in [0.717, 1.165) is 22.8 Å². The van der Waals surface area contributed by atoms with Gasteiger partial charge in [0.15, 0.2) is 5.11 Å². The van der Waals surface area contributed by atoms with Crippen LogP contribution in [0.4, 0.5) is 10.1 Å². The van der Waals surface area contributed by atoms with Crippen LogP contribution < -0.4 is 10.2 Å². The van der Waals surface area contributed by atoms with Crippen molar-refractivity contribution in [2.24, 2.45) is 0 Å². The van der Waals surface area contributed by atoms with Crippen molar-refractivity contribution in [3.63, 3.8) is 0 Å². The lowest BCUT2D eigenvalue weighted by atomic mass is 10.00. The molecule has 1 aliphatic heterocycles. The standard InChI is InChI=1S/C29H23FN4S/c1-19-17-23(13-14-24(19)30)34-28(27(32-29(34)35)25-9-4-5-15-31-25)26-10-6-16-33(26)22-12-11-20-7-2-3-8-21(20)18-22/h2-18,27-28H,1H3,(H,32,35)/t27-,28-/m0/s1. The summed E-state index contributed by atoms with van der Waals surface area (Å²) < 4.78 is 16.3. The molecule has 6 heteroatoms. The second-order valence-corrected chi connectivity index (χ2v) is 9.15. The van der Waals surface area contributed by atoms with E-state index in [1.54, 1.807) is 19.2 Å². The number of fused-ring (bicyclic) bond motifs is 1. The fourth-order valence-electron chi connectivity index (χ4n) is 4.91. The van der Waals surface area contributed by atoms with E-state index in [1.165, 1.54) is 16.8 Å². The molecule has 2 aromatic heterocycles. The number of benzene rings is 3. The Kier molecular flexibility index (Phi) is 5.30. The number of nitrogens with zero attached hydrogens (tertiary/aromatic N) is 3. The molecule has 1 aliphatic rings. The van der Waals surface area contributed by atoms with Gasteiger partial charge in [0.1, 0.15) is 11.9 Å². The summed E-state index contributed by atoms with van der Waals surface area (Å²) in [5, 5.41) is 6.45. The highest BCUT2D eigenvalue weighted by molar-refractivity contribution is 7.80. The highest BCUT2D eigenvalue weighted by atomic mass is 32.1. The molecule has 2 atom stereocenters. The monoisotopic (exact) mass is 478 g/mol. The second-order valence-electron chi connectivity index (χ2n) is 8.76. The number of thiocarbonyl (C=S) groups is 1. The number of aryl methyl sites for hydroxylation is 1. The van der Waals surface area contributed by atoms with Crippen LogP contribution in [0, 0.1) is 12.7 Å². The van der Waals surface area contributed by atoms with E-state index in [1.807, 2.05) is 30.3 Å². The van der Waals surface area contributed by atoms with Crippen molar-refractivity contribution in [2.75, 3.05) is 4.90 Å². The van der Waals surface area contributed by atoms with Crippen molar-refractivity contribution < 1.29 is 4.39 Å². The van der Waals surface area contributed by atoms with Crippen LogP contribution in [0.1, 0.15) is 29.0 Å². The van der Waals surface area contributed by atoms with Gasteiger partial charge in [-0.15, -0.1) is 0 Å². The summed E-state index contributed by atoms with van der Waals surface area (Å²) in [4.78, 5) is 6.72. The first kappa shape index (κ1) is 21.5. The number of halogens is 1. The molecule has 3 heterocycles. The van der Waals surface area contributed by atoms with Gasteiger partial charge in [0.2, 0.25) is 0 Å². The summed E-state index contributed by atoms with van der Waals surface area (Å²) >= 11 is 5.83. The number of anilines is 1. The molecule has 0 amide bonds. The average molecular weight is 479 g/mol. The Labute approximate surface area is 208 Å². The van der Waals surface area contributed by atoms with Gasteiger partial charge in [-0.2, -0.15) is 0 Å². The minimum Gasteiger partial charge on any atom is -0.351 e. The molecule has 35 heavy (non-hydrogen) atoms. The van der Waals surface area contributed by atoms with Crippen LogP contribution in [-0.4, -0.2) is 14.7 Å². The van der Waals surface area contributed by atoms with Crippen LogP contribution in [0.5, 0.6) is 0 Å². The first-order valence-electron chi connectivity index (χ1n) is 11.5. The molecule has 0 aliphatic carbocycles. The third kappa shape index (κ3) is 3.76. The summed E-state index contributed by atoms with van der Waals surface area (Å²) in [7, 11) is 0. The van der Waals surface area contributed by atoms with Crippen molar-refractivity contribution in [1.82, 2.24) is 14.9 Å². The minimum atomic E-state index is -0.232. The number of hydrogen-bond donors (Lipinski definition) is 1. The van der Waals surface area contributed by atoms with Gasteiger partial charge in [-0.05, 0) is 90.1 Å². The molecule has 6 rings (SSSR count). The van der Waals surface area contributed by atoms with Gasteiger partial charge in [-0.1, -0.05) is 36.4 Å². The van der Waals surface area contributed by atoms with Crippen LogP contribution >= 0.6 is 12.2 Å². The molecule has 0 bridgehead atoms. The molecular weight excluding hydrogens is 455 g/mol. The van der Waals surface area contributed by atoms with E-state index in [0.29, 0.717) is 10.7 Å². The Bertz CT molecular complexity index is 1550. The summed E-state index contributed by atoms with van der Waals surface area (Å²) in [6, 6.07) is 29.7. The predicted octanol–water partition coefficient (Wildman–Crippen LogP) is 6.65. The molecule has 5 aromatic rings. The number of rotatable bonds is 4. The van der Waals surface area contributed by atoms with Crippen LogP contribution in [-0.2, 0) is 0 Å². The summed E-state index contributed by atoms with van der Waals surface area (Å²) in [6.07, 6.45) is 3.87. The average Bonchev–Trinajstić information content (AvgIpc) is 3.50. The molecule has 172 valence electrons. The van der Waals surface area contributed by atoms with Crippen molar-refractivity contribution in [3.8, 4) is 5.69 Å². The summed E-state index contributed by atoms with van der Waals surface area (Å²) in [5.41, 5.74) is 4.44. The van der Waals surface area contributed by atoms with Gasteiger partial charge >= 0.3 is 0 Å². The maximum absolute atomic E-state index is 14.1. The maximum Gasteiger partial charge on any atom is 0.174 e. The molecule has 0 saturated carbocycles. The Morgan fingerprint density at radius 2 is 1.66 bits per heavy atom. The number of hydrogen-bond acceptors (Lipinski definition) is 2. The second kappa shape index (κ2) is 8.64. The van der Waals surface area contributed by atoms with Gasteiger partial charge in [0.05, 0.1) is 11.7 Å². The van der Waals surface area contributed by atoms with E-state index in [-0.39, 0.29) is 17.9 Å². The zero-order valence-corrected chi connectivity index (χ0v) is 19.9. The highest BCUT2D eigenvalue weighted by Gasteiger charge is 2.42. The fourth-order valence-corrected chi connectivity index (χ4v) is 5.25. The van der Waals surface area contributed by atoms with Crippen LogP contribution in [0.15, 0.2) is 103 Å². The van der Waals surface area contributed by atoms with E-state index in [4.69, 9.17) is 12.2 Å². The van der Waals surface area contributed by atoms with Gasteiger partial charge in [0.25, 0.3) is 0 Å². The molecular formula is C29H23FN4S. The van der Waals surface area contributed by atoms with E-state index in [9.17, 15) is 4.39 Å². The van der Waals surface area contributed by atoms with Crippen LogP contribution in [0.2, 0.25) is 0 Å². The molecule has 1 fully saturated rings. The zero-order valence-electron chi connectivity index (χ0n) is 19.1. The SMILES string of the molecule is Cc1cc(N2C(=S)N[C@@H](c3ccccn3)[C@@H]2c2cccn2-c2ccc3ccccc3c2)ccc1F. The Morgan fingerprint density at radius 3 is 2.46 bits per heavy atom. The molecule has 1 saturated heterocycles. The van der Waals surface area contributed by atoms with Crippen molar-refractivity contribution in [1.29, 1.82) is 0 Å². The fraction of sp³-hybridized carbons (Fsp3) is 0.103. The molecule has 0 spiro atoms. The highest BCUT2D eigenvalue weighted by Crippen LogP contribution is 2.42. The third-order valence-corrected chi connectivity index (χ3v) is 6.93.